The number of hydrogen-bond donors (Lipinski definition) is 1. The first-order valence-electron chi connectivity index (χ1n) is 7.44. The van der Waals surface area contributed by atoms with Crippen molar-refractivity contribution in [2.45, 2.75) is 64.8 Å². The fourth-order valence-electron chi connectivity index (χ4n) is 2.93. The molecule has 114 valence electrons. The highest BCUT2D eigenvalue weighted by Crippen LogP contribution is 2.29. The maximum absolute atomic E-state index is 10.2. The van der Waals surface area contributed by atoms with E-state index < -0.39 is 5.60 Å². The summed E-state index contributed by atoms with van der Waals surface area (Å²) < 4.78 is 5.58. The average Bonchev–Trinajstić information content (AvgIpc) is 2.98. The minimum atomic E-state index is -0.645. The Morgan fingerprint density at radius 2 is 2.35 bits per heavy atom. The molecule has 20 heavy (non-hydrogen) atoms. The quantitative estimate of drug-likeness (QED) is 0.877. The lowest BCUT2D eigenvalue weighted by Crippen LogP contribution is -2.45. The highest BCUT2D eigenvalue weighted by atomic mass is 32.1. The average molecular weight is 298 g/mol. The summed E-state index contributed by atoms with van der Waals surface area (Å²) in [6.07, 6.45) is 2.29. The van der Waals surface area contributed by atoms with E-state index in [0.717, 1.165) is 36.6 Å². The van der Waals surface area contributed by atoms with Gasteiger partial charge in [-0.05, 0) is 47.1 Å². The lowest BCUT2D eigenvalue weighted by Gasteiger charge is -2.33. The van der Waals surface area contributed by atoms with E-state index in [1.54, 1.807) is 11.3 Å². The molecular weight excluding hydrogens is 272 g/mol. The number of ether oxygens (including phenoxy) is 1. The lowest BCUT2D eigenvalue weighted by molar-refractivity contribution is -0.00538. The van der Waals surface area contributed by atoms with Gasteiger partial charge in [0.25, 0.3) is 0 Å². The van der Waals surface area contributed by atoms with Gasteiger partial charge in [-0.3, -0.25) is 4.90 Å². The molecule has 0 saturated carbocycles. The van der Waals surface area contributed by atoms with Crippen molar-refractivity contribution in [3.05, 3.63) is 16.1 Å². The summed E-state index contributed by atoms with van der Waals surface area (Å²) in [4.78, 5) is 7.03. The largest absolute Gasteiger partial charge is 0.389 e. The summed E-state index contributed by atoms with van der Waals surface area (Å²) in [5, 5.41) is 13.4. The second kappa shape index (κ2) is 6.52. The number of hydrogen-bond acceptors (Lipinski definition) is 5. The Kier molecular flexibility index (Phi) is 5.18. The number of nitrogens with zero attached hydrogens (tertiary/aromatic N) is 2. The zero-order valence-corrected chi connectivity index (χ0v) is 13.7. The minimum Gasteiger partial charge on any atom is -0.389 e. The Labute approximate surface area is 125 Å². The van der Waals surface area contributed by atoms with E-state index >= 15 is 0 Å². The Hall–Kier alpha value is -0.490. The van der Waals surface area contributed by atoms with Crippen LogP contribution in [-0.2, 0) is 11.3 Å². The molecule has 0 amide bonds. The normalized spacial score (nSPS) is 22.4. The van der Waals surface area contributed by atoms with E-state index in [0.29, 0.717) is 6.61 Å². The molecular formula is C15H26N2O2S. The smallest absolute Gasteiger partial charge is 0.122 e. The van der Waals surface area contributed by atoms with Gasteiger partial charge in [0.05, 0.1) is 11.3 Å². The van der Waals surface area contributed by atoms with Gasteiger partial charge in [0.2, 0.25) is 0 Å². The van der Waals surface area contributed by atoms with Crippen LogP contribution in [0.2, 0.25) is 0 Å². The van der Waals surface area contributed by atoms with E-state index in [9.17, 15) is 5.11 Å². The van der Waals surface area contributed by atoms with Gasteiger partial charge in [-0.2, -0.15) is 0 Å². The van der Waals surface area contributed by atoms with E-state index in [-0.39, 0.29) is 12.1 Å². The molecule has 1 aliphatic rings. The first-order chi connectivity index (χ1) is 9.41. The van der Waals surface area contributed by atoms with E-state index in [1.807, 2.05) is 27.7 Å². The van der Waals surface area contributed by atoms with Crippen LogP contribution in [0.1, 0.15) is 57.3 Å². The van der Waals surface area contributed by atoms with Crippen LogP contribution in [0, 0.1) is 0 Å². The van der Waals surface area contributed by atoms with Crippen LogP contribution in [0.25, 0.3) is 0 Å². The predicted molar refractivity (Wildman–Crippen MR) is 81.9 cm³/mol. The van der Waals surface area contributed by atoms with Crippen molar-refractivity contribution < 1.29 is 9.84 Å². The SMILES string of the molecule is CCOC(C)c1nc(CN2CCCC2C(C)(C)O)cs1. The van der Waals surface area contributed by atoms with E-state index in [4.69, 9.17) is 4.74 Å². The molecule has 1 aromatic rings. The van der Waals surface area contributed by atoms with Crippen molar-refractivity contribution >= 4 is 11.3 Å². The molecule has 2 rings (SSSR count). The molecule has 2 heterocycles. The molecule has 0 spiro atoms. The van der Waals surface area contributed by atoms with Gasteiger partial charge in [-0.1, -0.05) is 0 Å². The summed E-state index contributed by atoms with van der Waals surface area (Å²) in [7, 11) is 0. The van der Waals surface area contributed by atoms with Crippen molar-refractivity contribution in [3.8, 4) is 0 Å². The maximum atomic E-state index is 10.2. The molecule has 0 aliphatic carbocycles. The Morgan fingerprint density at radius 1 is 1.60 bits per heavy atom. The van der Waals surface area contributed by atoms with Gasteiger partial charge in [0, 0.05) is 24.6 Å². The maximum Gasteiger partial charge on any atom is 0.122 e. The lowest BCUT2D eigenvalue weighted by atomic mass is 9.96. The Bertz CT molecular complexity index is 428. The van der Waals surface area contributed by atoms with E-state index in [1.165, 1.54) is 0 Å². The van der Waals surface area contributed by atoms with Crippen molar-refractivity contribution in [1.29, 1.82) is 0 Å². The molecule has 0 radical (unpaired) electrons. The summed E-state index contributed by atoms with van der Waals surface area (Å²) in [6, 6.07) is 0.233. The summed E-state index contributed by atoms with van der Waals surface area (Å²) in [5.41, 5.74) is 0.446. The van der Waals surface area contributed by atoms with Gasteiger partial charge in [0.15, 0.2) is 0 Å². The first-order valence-corrected chi connectivity index (χ1v) is 8.32. The molecule has 0 bridgehead atoms. The third kappa shape index (κ3) is 3.79. The van der Waals surface area contributed by atoms with Crippen LogP contribution in [-0.4, -0.2) is 39.8 Å². The summed E-state index contributed by atoms with van der Waals surface area (Å²) in [6.45, 7) is 10.4. The third-order valence-electron chi connectivity index (χ3n) is 3.88. The Balaban J connectivity index is 2.00. The summed E-state index contributed by atoms with van der Waals surface area (Å²) in [5.74, 6) is 0. The van der Waals surface area contributed by atoms with Gasteiger partial charge in [-0.25, -0.2) is 4.98 Å². The number of likely N-dealkylation sites (tertiary alicyclic amines) is 1. The first kappa shape index (κ1) is 15.9. The molecule has 0 aromatic carbocycles. The van der Waals surface area contributed by atoms with Crippen LogP contribution in [0.15, 0.2) is 5.38 Å². The molecule has 1 saturated heterocycles. The second-order valence-corrected chi connectivity index (χ2v) is 6.95. The Morgan fingerprint density at radius 3 is 3.00 bits per heavy atom. The predicted octanol–water partition coefficient (Wildman–Crippen LogP) is 2.98. The second-order valence-electron chi connectivity index (χ2n) is 6.06. The van der Waals surface area contributed by atoms with Crippen LogP contribution in [0.5, 0.6) is 0 Å². The summed E-state index contributed by atoms with van der Waals surface area (Å²) >= 11 is 1.66. The molecule has 5 heteroatoms. The number of thiazole rings is 1. The molecule has 1 fully saturated rings. The third-order valence-corrected chi connectivity index (χ3v) is 4.93. The van der Waals surface area contributed by atoms with Gasteiger partial charge in [0.1, 0.15) is 11.1 Å². The van der Waals surface area contributed by atoms with E-state index in [2.05, 4.69) is 15.3 Å². The molecule has 4 nitrogen and oxygen atoms in total. The number of rotatable bonds is 6. The van der Waals surface area contributed by atoms with Crippen molar-refractivity contribution in [2.24, 2.45) is 0 Å². The van der Waals surface area contributed by atoms with Crippen molar-refractivity contribution in [1.82, 2.24) is 9.88 Å². The molecule has 2 atom stereocenters. The number of aromatic nitrogens is 1. The van der Waals surface area contributed by atoms with Gasteiger partial charge in [-0.15, -0.1) is 11.3 Å². The number of aliphatic hydroxyl groups is 1. The van der Waals surface area contributed by atoms with Gasteiger partial charge >= 0.3 is 0 Å². The van der Waals surface area contributed by atoms with Gasteiger partial charge < -0.3 is 9.84 Å². The molecule has 2 unspecified atom stereocenters. The minimum absolute atomic E-state index is 0.0717. The topological polar surface area (TPSA) is 45.6 Å². The molecule has 1 aliphatic heterocycles. The molecule has 1 N–H and O–H groups in total. The highest BCUT2D eigenvalue weighted by Gasteiger charge is 2.35. The van der Waals surface area contributed by atoms with Crippen molar-refractivity contribution in [2.75, 3.05) is 13.2 Å². The van der Waals surface area contributed by atoms with Crippen LogP contribution < -0.4 is 0 Å². The van der Waals surface area contributed by atoms with Crippen LogP contribution in [0.3, 0.4) is 0 Å². The monoisotopic (exact) mass is 298 g/mol. The van der Waals surface area contributed by atoms with Crippen LogP contribution >= 0.6 is 11.3 Å². The molecule has 1 aromatic heterocycles. The highest BCUT2D eigenvalue weighted by molar-refractivity contribution is 7.09. The fraction of sp³-hybridized carbons (Fsp3) is 0.800. The van der Waals surface area contributed by atoms with Crippen molar-refractivity contribution in [3.63, 3.8) is 0 Å². The zero-order valence-electron chi connectivity index (χ0n) is 12.9. The van der Waals surface area contributed by atoms with Crippen LogP contribution in [0.4, 0.5) is 0 Å². The zero-order chi connectivity index (χ0) is 14.8. The fourth-order valence-corrected chi connectivity index (χ4v) is 3.74. The standard InChI is InChI=1S/C15H26N2O2S/c1-5-19-11(2)14-16-12(10-20-14)9-17-8-6-7-13(17)15(3,4)18/h10-11,13,18H,5-9H2,1-4H3.